The van der Waals surface area contributed by atoms with E-state index in [0.29, 0.717) is 5.56 Å². The molecule has 0 aromatic heterocycles. The SMILES string of the molecule is CN1C(=O)[C@@H](NC(=O)C(=O)NN2CCCCC2)c2ccccc21. The number of nitrogens with one attached hydrogen (secondary N) is 2. The molecule has 1 aromatic rings. The van der Waals surface area contributed by atoms with Crippen molar-refractivity contribution in [2.45, 2.75) is 25.3 Å². The van der Waals surface area contributed by atoms with E-state index in [1.54, 1.807) is 24.2 Å². The summed E-state index contributed by atoms with van der Waals surface area (Å²) in [5, 5.41) is 4.29. The Labute approximate surface area is 134 Å². The second-order valence-corrected chi connectivity index (χ2v) is 5.85. The standard InChI is InChI=1S/C16H20N4O3/c1-19-12-8-4-3-7-11(12)13(16(19)23)17-14(21)15(22)18-20-9-5-2-6-10-20/h3-4,7-8,13H,2,5-6,9-10H2,1H3,(H,17,21)(H,18,22)/t13-/m0/s1. The van der Waals surface area contributed by atoms with Crippen molar-refractivity contribution in [1.29, 1.82) is 0 Å². The number of hydrogen-bond acceptors (Lipinski definition) is 4. The Morgan fingerprint density at radius 2 is 1.78 bits per heavy atom. The maximum absolute atomic E-state index is 12.3. The van der Waals surface area contributed by atoms with Gasteiger partial charge in [-0.15, -0.1) is 0 Å². The van der Waals surface area contributed by atoms with Crippen molar-refractivity contribution >= 4 is 23.4 Å². The number of piperidine rings is 1. The van der Waals surface area contributed by atoms with Gasteiger partial charge in [0.05, 0.1) is 0 Å². The van der Waals surface area contributed by atoms with E-state index in [0.717, 1.165) is 38.0 Å². The van der Waals surface area contributed by atoms with Crippen LogP contribution in [0.1, 0.15) is 30.9 Å². The molecule has 0 bridgehead atoms. The third-order valence-corrected chi connectivity index (χ3v) is 4.28. The number of carbonyl (C=O) groups excluding carboxylic acids is 3. The van der Waals surface area contributed by atoms with E-state index in [2.05, 4.69) is 10.7 Å². The first-order valence-corrected chi connectivity index (χ1v) is 7.81. The summed E-state index contributed by atoms with van der Waals surface area (Å²) in [5.74, 6) is -1.77. The summed E-state index contributed by atoms with van der Waals surface area (Å²) in [5.41, 5.74) is 4.06. The van der Waals surface area contributed by atoms with Gasteiger partial charge >= 0.3 is 11.8 Å². The minimum atomic E-state index is -0.809. The highest BCUT2D eigenvalue weighted by molar-refractivity contribution is 6.35. The number of likely N-dealkylation sites (N-methyl/N-ethyl adjacent to an activating group) is 1. The summed E-state index contributed by atoms with van der Waals surface area (Å²) < 4.78 is 0. The molecule has 7 heteroatoms. The van der Waals surface area contributed by atoms with Gasteiger partial charge in [0.2, 0.25) is 0 Å². The van der Waals surface area contributed by atoms with Gasteiger partial charge in [0.15, 0.2) is 0 Å². The first kappa shape index (κ1) is 15.5. The average Bonchev–Trinajstić information content (AvgIpc) is 2.81. The topological polar surface area (TPSA) is 81.8 Å². The molecule has 1 saturated heterocycles. The van der Waals surface area contributed by atoms with Crippen molar-refractivity contribution < 1.29 is 14.4 Å². The predicted octanol–water partition coefficient (Wildman–Crippen LogP) is 0.337. The average molecular weight is 316 g/mol. The normalized spacial score (nSPS) is 21.0. The van der Waals surface area contributed by atoms with Crippen molar-refractivity contribution in [2.75, 3.05) is 25.0 Å². The van der Waals surface area contributed by atoms with Crippen molar-refractivity contribution in [1.82, 2.24) is 15.8 Å². The molecule has 1 atom stereocenters. The lowest BCUT2D eigenvalue weighted by Gasteiger charge is -2.26. The summed E-state index contributed by atoms with van der Waals surface area (Å²) in [7, 11) is 1.65. The van der Waals surface area contributed by atoms with E-state index in [9.17, 15) is 14.4 Å². The van der Waals surface area contributed by atoms with Crippen molar-refractivity contribution in [3.63, 3.8) is 0 Å². The maximum atomic E-state index is 12.3. The van der Waals surface area contributed by atoms with Crippen LogP contribution in [0, 0.1) is 0 Å². The first-order valence-electron chi connectivity index (χ1n) is 7.81. The molecule has 0 unspecified atom stereocenters. The monoisotopic (exact) mass is 316 g/mol. The van der Waals surface area contributed by atoms with Gasteiger partial charge in [0.25, 0.3) is 5.91 Å². The Hall–Kier alpha value is -2.41. The van der Waals surface area contributed by atoms with Crippen LogP contribution in [0.15, 0.2) is 24.3 Å². The zero-order valence-electron chi connectivity index (χ0n) is 13.0. The van der Waals surface area contributed by atoms with E-state index in [1.165, 1.54) is 4.90 Å². The molecular weight excluding hydrogens is 296 g/mol. The first-order chi connectivity index (χ1) is 11.1. The summed E-state index contributed by atoms with van der Waals surface area (Å²) in [6, 6.07) is 6.42. The van der Waals surface area contributed by atoms with Gasteiger partial charge in [0, 0.05) is 31.4 Å². The Balaban J connectivity index is 1.65. The highest BCUT2D eigenvalue weighted by Crippen LogP contribution is 2.34. The minimum absolute atomic E-state index is 0.245. The Morgan fingerprint density at radius 3 is 2.52 bits per heavy atom. The fourth-order valence-electron chi connectivity index (χ4n) is 3.02. The van der Waals surface area contributed by atoms with E-state index < -0.39 is 17.9 Å². The largest absolute Gasteiger partial charge is 0.332 e. The molecule has 0 spiro atoms. The van der Waals surface area contributed by atoms with E-state index in [4.69, 9.17) is 0 Å². The van der Waals surface area contributed by atoms with Crippen LogP contribution in [0.4, 0.5) is 5.69 Å². The Kier molecular flexibility index (Phi) is 4.29. The molecular formula is C16H20N4O3. The third kappa shape index (κ3) is 3.05. The number of hydrazine groups is 1. The molecule has 3 rings (SSSR count). The molecule has 2 heterocycles. The summed E-state index contributed by atoms with van der Waals surface area (Å²) in [4.78, 5) is 37.9. The van der Waals surface area contributed by atoms with Gasteiger partial charge in [0.1, 0.15) is 6.04 Å². The van der Waals surface area contributed by atoms with Crippen LogP contribution < -0.4 is 15.6 Å². The van der Waals surface area contributed by atoms with Crippen LogP contribution in [-0.4, -0.2) is 42.9 Å². The molecule has 0 aliphatic carbocycles. The van der Waals surface area contributed by atoms with E-state index in [1.807, 2.05) is 12.1 Å². The number of fused-ring (bicyclic) bond motifs is 1. The maximum Gasteiger partial charge on any atom is 0.323 e. The van der Waals surface area contributed by atoms with Crippen LogP contribution in [0.2, 0.25) is 0 Å². The molecule has 2 aliphatic rings. The summed E-state index contributed by atoms with van der Waals surface area (Å²) in [6.45, 7) is 1.49. The highest BCUT2D eigenvalue weighted by atomic mass is 16.2. The molecule has 2 N–H and O–H groups in total. The molecule has 2 aliphatic heterocycles. The molecule has 23 heavy (non-hydrogen) atoms. The molecule has 0 radical (unpaired) electrons. The zero-order valence-corrected chi connectivity index (χ0v) is 13.0. The number of benzene rings is 1. The second-order valence-electron chi connectivity index (χ2n) is 5.85. The number of amides is 3. The molecule has 1 fully saturated rings. The summed E-state index contributed by atoms with van der Waals surface area (Å²) in [6.07, 6.45) is 3.14. The van der Waals surface area contributed by atoms with Gasteiger partial charge in [-0.2, -0.15) is 0 Å². The molecule has 0 saturated carbocycles. The van der Waals surface area contributed by atoms with Crippen LogP contribution in [0.25, 0.3) is 0 Å². The Morgan fingerprint density at radius 1 is 1.09 bits per heavy atom. The minimum Gasteiger partial charge on any atom is -0.332 e. The van der Waals surface area contributed by atoms with Crippen molar-refractivity contribution in [3.8, 4) is 0 Å². The Bertz CT molecular complexity index is 640. The van der Waals surface area contributed by atoms with Crippen LogP contribution in [0.3, 0.4) is 0 Å². The zero-order chi connectivity index (χ0) is 16.4. The van der Waals surface area contributed by atoms with Crippen LogP contribution in [-0.2, 0) is 14.4 Å². The lowest BCUT2D eigenvalue weighted by molar-refractivity contribution is -0.143. The predicted molar refractivity (Wildman–Crippen MR) is 84.3 cm³/mol. The fourth-order valence-corrected chi connectivity index (χ4v) is 3.02. The molecule has 122 valence electrons. The molecule has 1 aromatic carbocycles. The number of carbonyl (C=O) groups is 3. The van der Waals surface area contributed by atoms with Crippen LogP contribution >= 0.6 is 0 Å². The van der Waals surface area contributed by atoms with Gasteiger partial charge in [-0.3, -0.25) is 19.8 Å². The third-order valence-electron chi connectivity index (χ3n) is 4.28. The van der Waals surface area contributed by atoms with Gasteiger partial charge in [-0.05, 0) is 18.9 Å². The van der Waals surface area contributed by atoms with Crippen molar-refractivity contribution in [2.24, 2.45) is 0 Å². The van der Waals surface area contributed by atoms with Crippen molar-refractivity contribution in [3.05, 3.63) is 29.8 Å². The molecule has 3 amide bonds. The van der Waals surface area contributed by atoms with E-state index in [-0.39, 0.29) is 5.91 Å². The van der Waals surface area contributed by atoms with E-state index >= 15 is 0 Å². The number of anilines is 1. The summed E-state index contributed by atoms with van der Waals surface area (Å²) >= 11 is 0. The number of nitrogens with zero attached hydrogens (tertiary/aromatic N) is 2. The smallest absolute Gasteiger partial charge is 0.323 e. The van der Waals surface area contributed by atoms with Gasteiger partial charge in [-0.1, -0.05) is 24.6 Å². The number of hydrogen-bond donors (Lipinski definition) is 2. The quantitative estimate of drug-likeness (QED) is 0.771. The van der Waals surface area contributed by atoms with Gasteiger partial charge in [-0.25, -0.2) is 5.01 Å². The highest BCUT2D eigenvalue weighted by Gasteiger charge is 2.37. The fraction of sp³-hybridized carbons (Fsp3) is 0.438. The number of rotatable bonds is 2. The lowest BCUT2D eigenvalue weighted by atomic mass is 10.1. The number of para-hydroxylation sites is 1. The van der Waals surface area contributed by atoms with Gasteiger partial charge < -0.3 is 10.2 Å². The molecule has 7 nitrogen and oxygen atoms in total. The van der Waals surface area contributed by atoms with Crippen LogP contribution in [0.5, 0.6) is 0 Å². The second kappa shape index (κ2) is 6.37. The lowest BCUT2D eigenvalue weighted by Crippen LogP contribution is -2.51.